The van der Waals surface area contributed by atoms with Crippen molar-refractivity contribution >= 4 is 11.8 Å². The molecule has 6 heteroatoms. The second-order valence-electron chi connectivity index (χ2n) is 4.67. The predicted molar refractivity (Wildman–Crippen MR) is 74.6 cm³/mol. The molecule has 0 aliphatic heterocycles. The molecule has 1 rings (SSSR count). The highest BCUT2D eigenvalue weighted by Gasteiger charge is 2.14. The molecule has 1 aromatic rings. The normalized spacial score (nSPS) is 10.1. The number of carbonyl (C=O) groups is 2. The Balaban J connectivity index is 2.70. The Kier molecular flexibility index (Phi) is 5.83. The number of ether oxygens (including phenoxy) is 2. The van der Waals surface area contributed by atoms with Crippen molar-refractivity contribution in [3.8, 4) is 11.5 Å². The summed E-state index contributed by atoms with van der Waals surface area (Å²) in [4.78, 5) is 23.4. The monoisotopic (exact) mass is 280 g/mol. The average Bonchev–Trinajstić information content (AvgIpc) is 2.43. The largest absolute Gasteiger partial charge is 0.497 e. The zero-order valence-corrected chi connectivity index (χ0v) is 12.1. The second-order valence-corrected chi connectivity index (χ2v) is 4.67. The van der Waals surface area contributed by atoms with Gasteiger partial charge in [0.1, 0.15) is 11.5 Å². The maximum atomic E-state index is 12.0. The van der Waals surface area contributed by atoms with Gasteiger partial charge in [-0.3, -0.25) is 20.4 Å². The van der Waals surface area contributed by atoms with Gasteiger partial charge in [0.25, 0.3) is 5.91 Å². The summed E-state index contributed by atoms with van der Waals surface area (Å²) >= 11 is 0. The van der Waals surface area contributed by atoms with Gasteiger partial charge < -0.3 is 9.47 Å². The van der Waals surface area contributed by atoms with Crippen LogP contribution in [0.2, 0.25) is 0 Å². The summed E-state index contributed by atoms with van der Waals surface area (Å²) in [5.41, 5.74) is 5.04. The van der Waals surface area contributed by atoms with Gasteiger partial charge in [-0.05, 0) is 18.1 Å². The Morgan fingerprint density at radius 2 is 1.85 bits per heavy atom. The molecule has 0 saturated heterocycles. The van der Waals surface area contributed by atoms with E-state index in [1.807, 2.05) is 13.8 Å². The lowest BCUT2D eigenvalue weighted by Crippen LogP contribution is -2.42. The summed E-state index contributed by atoms with van der Waals surface area (Å²) in [7, 11) is 2.99. The molecule has 110 valence electrons. The predicted octanol–water partition coefficient (Wildman–Crippen LogP) is 1.51. The SMILES string of the molecule is COc1ccc(C(=O)NNC(=O)CC(C)C)c(OC)c1. The summed E-state index contributed by atoms with van der Waals surface area (Å²) in [5, 5.41) is 0. The molecule has 0 spiro atoms. The Morgan fingerprint density at radius 3 is 2.40 bits per heavy atom. The van der Waals surface area contributed by atoms with Crippen LogP contribution in [0, 0.1) is 5.92 Å². The summed E-state index contributed by atoms with van der Waals surface area (Å²) in [6, 6.07) is 4.82. The first-order valence-corrected chi connectivity index (χ1v) is 6.29. The van der Waals surface area contributed by atoms with Crippen LogP contribution in [0.5, 0.6) is 11.5 Å². The molecule has 0 unspecified atom stereocenters. The van der Waals surface area contributed by atoms with Gasteiger partial charge in [0.15, 0.2) is 0 Å². The number of amides is 2. The van der Waals surface area contributed by atoms with Crippen LogP contribution >= 0.6 is 0 Å². The maximum absolute atomic E-state index is 12.0. The van der Waals surface area contributed by atoms with Crippen LogP contribution in [0.15, 0.2) is 18.2 Å². The highest BCUT2D eigenvalue weighted by atomic mass is 16.5. The van der Waals surface area contributed by atoms with Crippen LogP contribution in [0.3, 0.4) is 0 Å². The van der Waals surface area contributed by atoms with Crippen molar-refractivity contribution in [2.75, 3.05) is 14.2 Å². The molecular weight excluding hydrogens is 260 g/mol. The van der Waals surface area contributed by atoms with Crippen molar-refractivity contribution in [3.05, 3.63) is 23.8 Å². The summed E-state index contributed by atoms with van der Waals surface area (Å²) in [6.07, 6.45) is 0.347. The average molecular weight is 280 g/mol. The fourth-order valence-corrected chi connectivity index (χ4v) is 1.60. The zero-order chi connectivity index (χ0) is 15.1. The molecule has 0 atom stereocenters. The molecule has 0 aromatic heterocycles. The molecule has 2 amide bonds. The van der Waals surface area contributed by atoms with Gasteiger partial charge in [0.05, 0.1) is 19.8 Å². The van der Waals surface area contributed by atoms with Crippen LogP contribution in [0.4, 0.5) is 0 Å². The zero-order valence-electron chi connectivity index (χ0n) is 12.1. The minimum atomic E-state index is -0.443. The first-order chi connectivity index (χ1) is 9.47. The van der Waals surface area contributed by atoms with Gasteiger partial charge in [-0.25, -0.2) is 0 Å². The van der Waals surface area contributed by atoms with Gasteiger partial charge in [0, 0.05) is 12.5 Å². The number of hydrazine groups is 1. The standard InChI is InChI=1S/C14H20N2O4/c1-9(2)7-13(17)15-16-14(18)11-6-5-10(19-3)8-12(11)20-4/h5-6,8-9H,7H2,1-4H3,(H,15,17)(H,16,18). The highest BCUT2D eigenvalue weighted by molar-refractivity contribution is 5.98. The fourth-order valence-electron chi connectivity index (χ4n) is 1.60. The van der Waals surface area contributed by atoms with Crippen molar-refractivity contribution in [1.29, 1.82) is 0 Å². The first-order valence-electron chi connectivity index (χ1n) is 6.29. The summed E-state index contributed by atoms with van der Waals surface area (Å²) in [6.45, 7) is 3.85. The Bertz CT molecular complexity index is 486. The molecule has 0 bridgehead atoms. The van der Waals surface area contributed by atoms with Crippen LogP contribution < -0.4 is 20.3 Å². The third-order valence-corrected chi connectivity index (χ3v) is 2.56. The molecule has 0 fully saturated rings. The van der Waals surface area contributed by atoms with E-state index in [-0.39, 0.29) is 11.8 Å². The number of benzene rings is 1. The van der Waals surface area contributed by atoms with Crippen LogP contribution in [0.25, 0.3) is 0 Å². The number of nitrogens with one attached hydrogen (secondary N) is 2. The van der Waals surface area contributed by atoms with Crippen molar-refractivity contribution in [2.45, 2.75) is 20.3 Å². The third kappa shape index (κ3) is 4.46. The van der Waals surface area contributed by atoms with E-state index in [0.717, 1.165) is 0 Å². The molecule has 20 heavy (non-hydrogen) atoms. The fraction of sp³-hybridized carbons (Fsp3) is 0.429. The van der Waals surface area contributed by atoms with E-state index in [1.54, 1.807) is 18.2 Å². The molecule has 0 aliphatic rings. The minimum absolute atomic E-state index is 0.224. The lowest BCUT2D eigenvalue weighted by molar-refractivity contribution is -0.122. The van der Waals surface area contributed by atoms with Crippen molar-refractivity contribution in [3.63, 3.8) is 0 Å². The lowest BCUT2D eigenvalue weighted by Gasteiger charge is -2.12. The Hall–Kier alpha value is -2.24. The molecule has 0 aliphatic carbocycles. The number of methoxy groups -OCH3 is 2. The number of hydrogen-bond acceptors (Lipinski definition) is 4. The number of rotatable bonds is 5. The second kappa shape index (κ2) is 7.37. The lowest BCUT2D eigenvalue weighted by atomic mass is 10.1. The summed E-state index contributed by atoms with van der Waals surface area (Å²) in [5.74, 6) is 0.507. The molecular formula is C14H20N2O4. The van der Waals surface area contributed by atoms with E-state index in [0.29, 0.717) is 23.5 Å². The third-order valence-electron chi connectivity index (χ3n) is 2.56. The Morgan fingerprint density at radius 1 is 1.15 bits per heavy atom. The van der Waals surface area contributed by atoms with E-state index in [9.17, 15) is 9.59 Å². The van der Waals surface area contributed by atoms with Gasteiger partial charge in [-0.15, -0.1) is 0 Å². The van der Waals surface area contributed by atoms with E-state index in [2.05, 4.69) is 10.9 Å². The molecule has 0 saturated carbocycles. The van der Waals surface area contributed by atoms with E-state index in [4.69, 9.17) is 9.47 Å². The van der Waals surface area contributed by atoms with Gasteiger partial charge >= 0.3 is 0 Å². The Labute approximate surface area is 118 Å². The van der Waals surface area contributed by atoms with Gasteiger partial charge in [-0.2, -0.15) is 0 Å². The first kappa shape index (κ1) is 15.8. The van der Waals surface area contributed by atoms with Gasteiger partial charge in [-0.1, -0.05) is 13.8 Å². The molecule has 0 heterocycles. The van der Waals surface area contributed by atoms with Crippen molar-refractivity contribution < 1.29 is 19.1 Å². The molecule has 0 radical (unpaired) electrons. The number of carbonyl (C=O) groups excluding carboxylic acids is 2. The highest BCUT2D eigenvalue weighted by Crippen LogP contribution is 2.24. The molecule has 6 nitrogen and oxygen atoms in total. The van der Waals surface area contributed by atoms with Crippen molar-refractivity contribution in [2.24, 2.45) is 5.92 Å². The molecule has 2 N–H and O–H groups in total. The van der Waals surface area contributed by atoms with Crippen LogP contribution in [-0.2, 0) is 4.79 Å². The smallest absolute Gasteiger partial charge is 0.273 e. The van der Waals surface area contributed by atoms with Crippen molar-refractivity contribution in [1.82, 2.24) is 10.9 Å². The topological polar surface area (TPSA) is 76.7 Å². The number of hydrogen-bond donors (Lipinski definition) is 2. The van der Waals surface area contributed by atoms with E-state index in [1.165, 1.54) is 14.2 Å². The van der Waals surface area contributed by atoms with Crippen LogP contribution in [0.1, 0.15) is 30.6 Å². The van der Waals surface area contributed by atoms with E-state index >= 15 is 0 Å². The molecule has 1 aromatic carbocycles. The quantitative estimate of drug-likeness (QED) is 0.802. The summed E-state index contributed by atoms with van der Waals surface area (Å²) < 4.78 is 10.2. The van der Waals surface area contributed by atoms with E-state index < -0.39 is 5.91 Å². The van der Waals surface area contributed by atoms with Gasteiger partial charge in [0.2, 0.25) is 5.91 Å². The maximum Gasteiger partial charge on any atom is 0.273 e. The minimum Gasteiger partial charge on any atom is -0.497 e. The van der Waals surface area contributed by atoms with Crippen LogP contribution in [-0.4, -0.2) is 26.0 Å².